The molecule has 1 saturated heterocycles. The Morgan fingerprint density at radius 1 is 1.39 bits per heavy atom. The second-order valence-electron chi connectivity index (χ2n) is 6.11. The van der Waals surface area contributed by atoms with Crippen molar-refractivity contribution in [2.45, 2.75) is 45.8 Å². The molecule has 1 aromatic rings. The highest BCUT2D eigenvalue weighted by molar-refractivity contribution is 5.79. The van der Waals surface area contributed by atoms with Crippen LogP contribution in [0.4, 0.5) is 13.2 Å². The smallest absolute Gasteiger partial charge is 0.396 e. The van der Waals surface area contributed by atoms with Crippen molar-refractivity contribution in [2.75, 3.05) is 19.7 Å². The van der Waals surface area contributed by atoms with Crippen molar-refractivity contribution < 1.29 is 23.1 Å². The first-order valence-electron chi connectivity index (χ1n) is 7.69. The molecule has 130 valence electrons. The van der Waals surface area contributed by atoms with Crippen LogP contribution in [0.5, 0.6) is 0 Å². The lowest BCUT2D eigenvalue weighted by Gasteiger charge is -2.16. The lowest BCUT2D eigenvalue weighted by Crippen LogP contribution is -2.30. The van der Waals surface area contributed by atoms with Crippen LogP contribution in [-0.4, -0.2) is 51.6 Å². The predicted molar refractivity (Wildman–Crippen MR) is 77.8 cm³/mol. The third-order valence-corrected chi connectivity index (χ3v) is 4.36. The van der Waals surface area contributed by atoms with Crippen LogP contribution >= 0.6 is 0 Å². The van der Waals surface area contributed by atoms with Gasteiger partial charge in [-0.1, -0.05) is 0 Å². The SMILES string of the molecule is Cc1nn(CC(F)(F)F)c(C)c1CC(=O)N1CCC(CCO)C1. The molecular weight excluding hydrogens is 311 g/mol. The average Bonchev–Trinajstić information content (AvgIpc) is 2.99. The molecule has 0 spiro atoms. The van der Waals surface area contributed by atoms with E-state index in [1.807, 2.05) is 0 Å². The van der Waals surface area contributed by atoms with E-state index in [2.05, 4.69) is 5.10 Å². The van der Waals surface area contributed by atoms with Gasteiger partial charge in [-0.25, -0.2) is 0 Å². The molecular formula is C15H22F3N3O2. The summed E-state index contributed by atoms with van der Waals surface area (Å²) in [5.41, 5.74) is 1.43. The van der Waals surface area contributed by atoms with Crippen LogP contribution in [0.15, 0.2) is 0 Å². The molecule has 23 heavy (non-hydrogen) atoms. The van der Waals surface area contributed by atoms with Crippen LogP contribution in [0.25, 0.3) is 0 Å². The highest BCUT2D eigenvalue weighted by Crippen LogP contribution is 2.23. The van der Waals surface area contributed by atoms with E-state index < -0.39 is 12.7 Å². The number of nitrogens with zero attached hydrogens (tertiary/aromatic N) is 3. The number of hydrogen-bond donors (Lipinski definition) is 1. The fraction of sp³-hybridized carbons (Fsp3) is 0.733. The van der Waals surface area contributed by atoms with Crippen molar-refractivity contribution in [3.63, 3.8) is 0 Å². The zero-order valence-corrected chi connectivity index (χ0v) is 13.4. The maximum Gasteiger partial charge on any atom is 0.408 e. The Hall–Kier alpha value is -1.57. The summed E-state index contributed by atoms with van der Waals surface area (Å²) in [5, 5.41) is 12.9. The molecule has 1 amide bonds. The van der Waals surface area contributed by atoms with Gasteiger partial charge in [0.15, 0.2) is 0 Å². The van der Waals surface area contributed by atoms with Crippen molar-refractivity contribution in [2.24, 2.45) is 5.92 Å². The lowest BCUT2D eigenvalue weighted by atomic mass is 10.1. The molecule has 1 aliphatic heterocycles. The quantitative estimate of drug-likeness (QED) is 0.894. The molecule has 2 heterocycles. The van der Waals surface area contributed by atoms with Crippen molar-refractivity contribution >= 4 is 5.91 Å². The van der Waals surface area contributed by atoms with Gasteiger partial charge in [0.1, 0.15) is 6.54 Å². The number of alkyl halides is 3. The summed E-state index contributed by atoms with van der Waals surface area (Å²) in [6, 6.07) is 0. The molecule has 5 nitrogen and oxygen atoms in total. The van der Waals surface area contributed by atoms with Gasteiger partial charge in [0.05, 0.1) is 12.1 Å². The van der Waals surface area contributed by atoms with Crippen LogP contribution < -0.4 is 0 Å². The van der Waals surface area contributed by atoms with E-state index in [0.29, 0.717) is 42.4 Å². The Balaban J connectivity index is 2.04. The van der Waals surface area contributed by atoms with E-state index in [-0.39, 0.29) is 18.9 Å². The Labute approximate surface area is 133 Å². The number of carbonyl (C=O) groups is 1. The third-order valence-electron chi connectivity index (χ3n) is 4.36. The van der Waals surface area contributed by atoms with E-state index in [9.17, 15) is 18.0 Å². The van der Waals surface area contributed by atoms with Gasteiger partial charge in [-0.05, 0) is 32.6 Å². The molecule has 0 radical (unpaired) electrons. The fourth-order valence-corrected chi connectivity index (χ4v) is 3.05. The molecule has 1 atom stereocenters. The second-order valence-corrected chi connectivity index (χ2v) is 6.11. The number of aliphatic hydroxyl groups is 1. The van der Waals surface area contributed by atoms with Gasteiger partial charge in [0.2, 0.25) is 5.91 Å². The van der Waals surface area contributed by atoms with Gasteiger partial charge in [0, 0.05) is 31.0 Å². The molecule has 0 bridgehead atoms. The Morgan fingerprint density at radius 2 is 2.09 bits per heavy atom. The highest BCUT2D eigenvalue weighted by Gasteiger charge is 2.31. The van der Waals surface area contributed by atoms with Crippen LogP contribution in [0, 0.1) is 19.8 Å². The molecule has 8 heteroatoms. The number of amides is 1. The van der Waals surface area contributed by atoms with Gasteiger partial charge in [-0.3, -0.25) is 9.48 Å². The number of aliphatic hydroxyl groups excluding tert-OH is 1. The lowest BCUT2D eigenvalue weighted by molar-refractivity contribution is -0.143. The number of halogens is 3. The van der Waals surface area contributed by atoms with E-state index in [1.54, 1.807) is 18.7 Å². The van der Waals surface area contributed by atoms with E-state index in [4.69, 9.17) is 5.11 Å². The summed E-state index contributed by atoms with van der Waals surface area (Å²) < 4.78 is 38.5. The topological polar surface area (TPSA) is 58.4 Å². The maximum absolute atomic E-state index is 12.5. The minimum atomic E-state index is -4.34. The summed E-state index contributed by atoms with van der Waals surface area (Å²) in [6.45, 7) is 3.39. The van der Waals surface area contributed by atoms with Crippen molar-refractivity contribution in [3.05, 3.63) is 17.0 Å². The number of hydrogen-bond acceptors (Lipinski definition) is 3. The summed E-state index contributed by atoms with van der Waals surface area (Å²) in [6.07, 6.45) is -2.73. The molecule has 1 aromatic heterocycles. The predicted octanol–water partition coefficient (Wildman–Crippen LogP) is 1.84. The summed E-state index contributed by atoms with van der Waals surface area (Å²) in [4.78, 5) is 14.1. The fourth-order valence-electron chi connectivity index (χ4n) is 3.05. The summed E-state index contributed by atoms with van der Waals surface area (Å²) in [7, 11) is 0. The third kappa shape index (κ3) is 4.46. The first kappa shape index (κ1) is 17.8. The first-order chi connectivity index (χ1) is 10.7. The number of aromatic nitrogens is 2. The normalized spacial score (nSPS) is 18.7. The molecule has 0 aromatic carbocycles. The van der Waals surface area contributed by atoms with Crippen molar-refractivity contribution in [1.29, 1.82) is 0 Å². The molecule has 0 aliphatic carbocycles. The monoisotopic (exact) mass is 333 g/mol. The highest BCUT2D eigenvalue weighted by atomic mass is 19.4. The number of aryl methyl sites for hydroxylation is 1. The largest absolute Gasteiger partial charge is 0.408 e. The molecule has 0 saturated carbocycles. The van der Waals surface area contributed by atoms with Crippen LogP contribution in [0.2, 0.25) is 0 Å². The number of carbonyl (C=O) groups excluding carboxylic acids is 1. The minimum Gasteiger partial charge on any atom is -0.396 e. The van der Waals surface area contributed by atoms with Crippen LogP contribution in [-0.2, 0) is 17.8 Å². The number of rotatable bonds is 5. The summed E-state index contributed by atoms with van der Waals surface area (Å²) in [5.74, 6) is 0.210. The Kier molecular flexibility index (Phi) is 5.33. The average molecular weight is 333 g/mol. The molecule has 1 unspecified atom stereocenters. The van der Waals surface area contributed by atoms with Crippen LogP contribution in [0.1, 0.15) is 29.8 Å². The van der Waals surface area contributed by atoms with Gasteiger partial charge >= 0.3 is 6.18 Å². The van der Waals surface area contributed by atoms with Gasteiger partial charge in [-0.2, -0.15) is 18.3 Å². The standard InChI is InChI=1S/C15H22F3N3O2/c1-10-13(11(2)21(19-10)9-15(16,17)18)7-14(23)20-5-3-12(8-20)4-6-22/h12,22H,3-9H2,1-2H3. The first-order valence-corrected chi connectivity index (χ1v) is 7.69. The van der Waals surface area contributed by atoms with E-state index >= 15 is 0 Å². The second kappa shape index (κ2) is 6.90. The van der Waals surface area contributed by atoms with Crippen molar-refractivity contribution in [1.82, 2.24) is 14.7 Å². The minimum absolute atomic E-state index is 0.0708. The molecule has 1 N–H and O–H groups in total. The maximum atomic E-state index is 12.5. The molecule has 2 rings (SSSR count). The van der Waals surface area contributed by atoms with Crippen molar-refractivity contribution in [3.8, 4) is 0 Å². The Bertz CT molecular complexity index is 569. The van der Waals surface area contributed by atoms with E-state index in [0.717, 1.165) is 11.1 Å². The van der Waals surface area contributed by atoms with Crippen LogP contribution in [0.3, 0.4) is 0 Å². The zero-order chi connectivity index (χ0) is 17.2. The van der Waals surface area contributed by atoms with Gasteiger partial charge in [-0.15, -0.1) is 0 Å². The molecule has 1 fully saturated rings. The zero-order valence-electron chi connectivity index (χ0n) is 13.4. The van der Waals surface area contributed by atoms with Gasteiger partial charge < -0.3 is 10.0 Å². The van der Waals surface area contributed by atoms with E-state index in [1.165, 1.54) is 0 Å². The number of likely N-dealkylation sites (tertiary alicyclic amines) is 1. The summed E-state index contributed by atoms with van der Waals surface area (Å²) >= 11 is 0. The van der Waals surface area contributed by atoms with Gasteiger partial charge in [0.25, 0.3) is 0 Å². The Morgan fingerprint density at radius 3 is 2.70 bits per heavy atom. The molecule has 1 aliphatic rings.